The molecule has 2 atom stereocenters. The number of rotatable bonds is 11. The van der Waals surface area contributed by atoms with Gasteiger partial charge in [0, 0.05) is 30.6 Å². The highest BCUT2D eigenvalue weighted by Gasteiger charge is 2.41. The van der Waals surface area contributed by atoms with Crippen LogP contribution in [-0.4, -0.2) is 94.3 Å². The van der Waals surface area contributed by atoms with Gasteiger partial charge in [0.15, 0.2) is 0 Å². The maximum atomic E-state index is 13.9. The number of carboxylic acids is 1. The predicted molar refractivity (Wildman–Crippen MR) is 141 cm³/mol. The van der Waals surface area contributed by atoms with Crippen molar-refractivity contribution in [2.24, 2.45) is 5.73 Å². The summed E-state index contributed by atoms with van der Waals surface area (Å²) in [6.45, 7) is -0.983. The zero-order chi connectivity index (χ0) is 29.4. The minimum Gasteiger partial charge on any atom is -0.480 e. The Kier molecular flexibility index (Phi) is 9.92. The third-order valence-electron chi connectivity index (χ3n) is 6.46. The molecule has 13 heteroatoms. The summed E-state index contributed by atoms with van der Waals surface area (Å²) in [5.74, 6) is -4.16. The maximum absolute atomic E-state index is 13.9. The van der Waals surface area contributed by atoms with E-state index in [1.54, 1.807) is 24.3 Å². The fraction of sp³-hybridized carbons (Fsp3) is 0.333. The van der Waals surface area contributed by atoms with E-state index in [0.717, 1.165) is 16.9 Å². The minimum atomic E-state index is -1.33. The molecule has 1 aliphatic rings. The first kappa shape index (κ1) is 29.8. The van der Waals surface area contributed by atoms with Crippen molar-refractivity contribution < 1.29 is 38.9 Å². The lowest BCUT2D eigenvalue weighted by atomic mass is 9.99. The van der Waals surface area contributed by atoms with Crippen LogP contribution in [0.1, 0.15) is 33.5 Å². The van der Waals surface area contributed by atoms with E-state index in [1.165, 1.54) is 24.3 Å². The third kappa shape index (κ3) is 7.41. The number of aliphatic carboxylic acids is 1. The Morgan fingerprint density at radius 2 is 1.75 bits per heavy atom. The number of amides is 3. The Hall–Kier alpha value is -4.78. The van der Waals surface area contributed by atoms with Crippen molar-refractivity contribution >= 4 is 35.5 Å². The molecule has 0 saturated carbocycles. The number of amidine groups is 1. The van der Waals surface area contributed by atoms with Gasteiger partial charge in [0.1, 0.15) is 24.5 Å². The highest BCUT2D eigenvalue weighted by atomic mass is 16.5. The summed E-state index contributed by atoms with van der Waals surface area (Å²) in [4.78, 5) is 65.8. The van der Waals surface area contributed by atoms with Crippen LogP contribution >= 0.6 is 0 Å². The van der Waals surface area contributed by atoms with Gasteiger partial charge in [0.2, 0.25) is 11.8 Å². The summed E-state index contributed by atoms with van der Waals surface area (Å²) in [5.41, 5.74) is 7.30. The number of aliphatic hydroxyl groups excluding tert-OH is 1. The molecule has 6 N–H and O–H groups in total. The monoisotopic (exact) mass is 553 g/mol. The number of hydrogen-bond acceptors (Lipinski definition) is 8. The molecule has 0 radical (unpaired) electrons. The molecule has 0 aliphatic carbocycles. The van der Waals surface area contributed by atoms with Crippen LogP contribution in [0.3, 0.4) is 0 Å². The van der Waals surface area contributed by atoms with Crippen molar-refractivity contribution in [2.75, 3.05) is 26.7 Å². The standard InChI is InChI=1S/C27H31N5O8/c1-40-23(36)13-21-27(39)31(14-22(34)35)9-10-32(21)26(38)20(12-16-3-2-4-17(11-16)15-33)30-25(37)19-7-5-18(6-8-19)24(28)29/h2-8,11,20-21,33H,9-10,12-15H2,1H3,(H3,28,29)(H,30,37)(H,34,35)/t20-,21-/m0/s1. The average Bonchev–Trinajstić information content (AvgIpc) is 2.94. The molecular weight excluding hydrogens is 522 g/mol. The van der Waals surface area contributed by atoms with Crippen molar-refractivity contribution in [3.05, 3.63) is 70.8 Å². The SMILES string of the molecule is COC(=O)C[C@H]1C(=O)N(CC(=O)O)CCN1C(=O)[C@H](Cc1cccc(CO)c1)NC(=O)c1ccc(C(=N)N)cc1. The molecule has 2 aromatic rings. The minimum absolute atomic E-state index is 0.00157. The van der Waals surface area contributed by atoms with Crippen LogP contribution in [0.2, 0.25) is 0 Å². The topological polar surface area (TPSA) is 203 Å². The average molecular weight is 554 g/mol. The number of ether oxygens (including phenoxy) is 1. The maximum Gasteiger partial charge on any atom is 0.323 e. The Balaban J connectivity index is 1.93. The van der Waals surface area contributed by atoms with Crippen LogP contribution in [0.25, 0.3) is 0 Å². The van der Waals surface area contributed by atoms with Gasteiger partial charge in [-0.1, -0.05) is 36.4 Å². The van der Waals surface area contributed by atoms with E-state index >= 15 is 0 Å². The van der Waals surface area contributed by atoms with Gasteiger partial charge in [-0.2, -0.15) is 0 Å². The van der Waals surface area contributed by atoms with Gasteiger partial charge in [0.25, 0.3) is 5.91 Å². The van der Waals surface area contributed by atoms with Gasteiger partial charge < -0.3 is 35.8 Å². The van der Waals surface area contributed by atoms with Gasteiger partial charge in [0.05, 0.1) is 20.1 Å². The molecule has 0 bridgehead atoms. The highest BCUT2D eigenvalue weighted by molar-refractivity contribution is 6.01. The van der Waals surface area contributed by atoms with Gasteiger partial charge >= 0.3 is 11.9 Å². The van der Waals surface area contributed by atoms with E-state index in [4.69, 9.17) is 15.9 Å². The van der Waals surface area contributed by atoms with E-state index in [1.807, 2.05) is 0 Å². The normalized spacial score (nSPS) is 15.8. The summed E-state index contributed by atoms with van der Waals surface area (Å²) in [6, 6.07) is 10.2. The summed E-state index contributed by atoms with van der Waals surface area (Å²) in [7, 11) is 1.13. The van der Waals surface area contributed by atoms with E-state index in [9.17, 15) is 34.2 Å². The van der Waals surface area contributed by atoms with E-state index in [-0.39, 0.29) is 37.5 Å². The van der Waals surface area contributed by atoms with Crippen molar-refractivity contribution in [3.63, 3.8) is 0 Å². The second-order valence-corrected chi connectivity index (χ2v) is 9.18. The zero-order valence-electron chi connectivity index (χ0n) is 21.8. The first-order valence-corrected chi connectivity index (χ1v) is 12.4. The molecule has 3 rings (SSSR count). The molecule has 212 valence electrons. The van der Waals surface area contributed by atoms with Gasteiger partial charge in [-0.3, -0.25) is 29.4 Å². The van der Waals surface area contributed by atoms with Crippen LogP contribution in [0.4, 0.5) is 0 Å². The molecule has 1 heterocycles. The molecule has 2 aromatic carbocycles. The number of carboxylic acid groups (broad SMARTS) is 1. The van der Waals surface area contributed by atoms with E-state index in [0.29, 0.717) is 16.7 Å². The smallest absolute Gasteiger partial charge is 0.323 e. The van der Waals surface area contributed by atoms with Gasteiger partial charge in [-0.15, -0.1) is 0 Å². The number of esters is 1. The van der Waals surface area contributed by atoms with Gasteiger partial charge in [-0.25, -0.2) is 0 Å². The number of aliphatic hydroxyl groups is 1. The van der Waals surface area contributed by atoms with Crippen LogP contribution < -0.4 is 11.1 Å². The summed E-state index contributed by atoms with van der Waals surface area (Å²) in [6.07, 6.45) is -0.497. The number of benzene rings is 2. The number of nitrogens with zero attached hydrogens (tertiary/aromatic N) is 2. The van der Waals surface area contributed by atoms with Crippen molar-refractivity contribution in [2.45, 2.75) is 31.5 Å². The molecule has 0 spiro atoms. The molecule has 1 aliphatic heterocycles. The molecule has 0 unspecified atom stereocenters. The lowest BCUT2D eigenvalue weighted by molar-refractivity contribution is -0.159. The second kappa shape index (κ2) is 13.3. The predicted octanol–water partition coefficient (Wildman–Crippen LogP) is -0.509. The number of carbonyl (C=O) groups excluding carboxylic acids is 4. The Morgan fingerprint density at radius 3 is 2.35 bits per heavy atom. The second-order valence-electron chi connectivity index (χ2n) is 9.18. The first-order valence-electron chi connectivity index (χ1n) is 12.4. The van der Waals surface area contributed by atoms with Crippen molar-refractivity contribution in [1.82, 2.24) is 15.1 Å². The highest BCUT2D eigenvalue weighted by Crippen LogP contribution is 2.19. The Labute approximate surface area is 230 Å². The third-order valence-corrected chi connectivity index (χ3v) is 6.46. The van der Waals surface area contributed by atoms with Gasteiger partial charge in [-0.05, 0) is 23.3 Å². The fourth-order valence-electron chi connectivity index (χ4n) is 4.39. The van der Waals surface area contributed by atoms with E-state index in [2.05, 4.69) is 5.32 Å². The summed E-state index contributed by atoms with van der Waals surface area (Å²) < 4.78 is 4.69. The molecule has 1 fully saturated rings. The quantitative estimate of drug-likeness (QED) is 0.138. The van der Waals surface area contributed by atoms with E-state index < -0.39 is 54.7 Å². The number of carbonyl (C=O) groups is 5. The van der Waals surface area contributed by atoms with Crippen molar-refractivity contribution in [3.8, 4) is 0 Å². The fourth-order valence-corrected chi connectivity index (χ4v) is 4.39. The summed E-state index contributed by atoms with van der Waals surface area (Å²) in [5, 5.41) is 28.9. The number of piperazine rings is 1. The number of nitrogens with one attached hydrogen (secondary N) is 2. The first-order chi connectivity index (χ1) is 19.0. The zero-order valence-corrected chi connectivity index (χ0v) is 21.8. The lowest BCUT2D eigenvalue weighted by Crippen LogP contribution is -2.63. The van der Waals surface area contributed by atoms with Crippen LogP contribution in [-0.2, 0) is 36.9 Å². The molecular formula is C27H31N5O8. The molecule has 3 amide bonds. The van der Waals surface area contributed by atoms with Crippen LogP contribution in [0.15, 0.2) is 48.5 Å². The molecule has 0 aromatic heterocycles. The molecule has 13 nitrogen and oxygen atoms in total. The molecule has 1 saturated heterocycles. The Bertz CT molecular complexity index is 1300. The molecule has 40 heavy (non-hydrogen) atoms. The number of methoxy groups -OCH3 is 1. The number of nitrogen functional groups attached to an aromatic ring is 1. The lowest BCUT2D eigenvalue weighted by Gasteiger charge is -2.41. The van der Waals surface area contributed by atoms with Crippen LogP contribution in [0.5, 0.6) is 0 Å². The Morgan fingerprint density at radius 1 is 1.10 bits per heavy atom. The van der Waals surface area contributed by atoms with Crippen LogP contribution in [0, 0.1) is 5.41 Å². The number of nitrogens with two attached hydrogens (primary N) is 1. The summed E-state index contributed by atoms with van der Waals surface area (Å²) >= 11 is 0. The van der Waals surface area contributed by atoms with Crippen molar-refractivity contribution in [1.29, 1.82) is 5.41 Å². The number of hydrogen-bond donors (Lipinski definition) is 5. The largest absolute Gasteiger partial charge is 0.480 e.